The zero-order chi connectivity index (χ0) is 19.6. The van der Waals surface area contributed by atoms with Crippen molar-refractivity contribution >= 4 is 5.97 Å². The Morgan fingerprint density at radius 3 is 2.50 bits per heavy atom. The number of hydrogen-bond acceptors (Lipinski definition) is 3. The van der Waals surface area contributed by atoms with E-state index in [2.05, 4.69) is 52.8 Å². The summed E-state index contributed by atoms with van der Waals surface area (Å²) >= 11 is 0. The van der Waals surface area contributed by atoms with Gasteiger partial charge in [0, 0.05) is 0 Å². The molecule has 1 N–H and O–H groups in total. The lowest BCUT2D eigenvalue weighted by Gasteiger charge is -2.41. The maximum absolute atomic E-state index is 11.1. The Hall–Kier alpha value is -1.13. The van der Waals surface area contributed by atoms with Gasteiger partial charge >= 0.3 is 5.97 Å². The number of aliphatic carboxylic acids is 1. The Bertz CT molecular complexity index is 483. The lowest BCUT2D eigenvalue weighted by Crippen LogP contribution is -2.44. The maximum atomic E-state index is 11.1. The summed E-state index contributed by atoms with van der Waals surface area (Å²) in [6.45, 7) is 10.8. The van der Waals surface area contributed by atoms with Crippen LogP contribution in [0.5, 0.6) is 0 Å². The smallest absolute Gasteiger partial charge is 0.306 e. The van der Waals surface area contributed by atoms with Crippen molar-refractivity contribution < 1.29 is 19.7 Å². The fourth-order valence-corrected chi connectivity index (χ4v) is 3.70. The van der Waals surface area contributed by atoms with Crippen molar-refractivity contribution in [2.24, 2.45) is 11.8 Å². The predicted octanol–water partition coefficient (Wildman–Crippen LogP) is 6.08. The molecule has 0 aromatic rings. The standard InChI is InChI=1S/C22H38O4/c1-6-11-12-17(7-2)13-18(8-3)15-22(10-5)16-19(9-4)20(25-26-22)14-21(23)24/h11-12,15,17,19-20H,6-10,13-14,16H2,1-5H3,(H,23,24)/b12-11+,18-15+/t17-,19?,20?,22?/m0/s1. The van der Waals surface area contributed by atoms with Gasteiger partial charge in [-0.05, 0) is 50.4 Å². The van der Waals surface area contributed by atoms with Gasteiger partial charge in [-0.2, -0.15) is 0 Å². The zero-order valence-corrected chi connectivity index (χ0v) is 17.3. The molecule has 0 bridgehead atoms. The first-order valence-electron chi connectivity index (χ1n) is 10.4. The van der Waals surface area contributed by atoms with Crippen molar-refractivity contribution in [3.05, 3.63) is 23.8 Å². The zero-order valence-electron chi connectivity index (χ0n) is 17.3. The summed E-state index contributed by atoms with van der Waals surface area (Å²) in [6, 6.07) is 0. The molecule has 4 heteroatoms. The Labute approximate surface area is 159 Å². The third-order valence-corrected chi connectivity index (χ3v) is 5.58. The van der Waals surface area contributed by atoms with Gasteiger partial charge < -0.3 is 5.11 Å². The lowest BCUT2D eigenvalue weighted by atomic mass is 9.80. The van der Waals surface area contributed by atoms with Crippen molar-refractivity contribution in [1.82, 2.24) is 0 Å². The minimum atomic E-state index is -0.834. The van der Waals surface area contributed by atoms with Crippen LogP contribution >= 0.6 is 0 Å². The van der Waals surface area contributed by atoms with Crippen LogP contribution in [0.1, 0.15) is 86.0 Å². The molecule has 1 rings (SSSR count). The van der Waals surface area contributed by atoms with Gasteiger partial charge in [-0.1, -0.05) is 64.8 Å². The van der Waals surface area contributed by atoms with E-state index < -0.39 is 11.6 Å². The minimum Gasteiger partial charge on any atom is -0.481 e. The number of carboxylic acid groups (broad SMARTS) is 1. The van der Waals surface area contributed by atoms with E-state index in [1.54, 1.807) is 0 Å². The molecule has 1 fully saturated rings. The lowest BCUT2D eigenvalue weighted by molar-refractivity contribution is -0.409. The molecule has 150 valence electrons. The maximum Gasteiger partial charge on any atom is 0.306 e. The molecule has 3 unspecified atom stereocenters. The molecule has 1 heterocycles. The topological polar surface area (TPSA) is 55.8 Å². The average molecular weight is 367 g/mol. The van der Waals surface area contributed by atoms with Crippen molar-refractivity contribution in [3.8, 4) is 0 Å². The third kappa shape index (κ3) is 6.88. The van der Waals surface area contributed by atoms with E-state index in [-0.39, 0.29) is 18.4 Å². The molecule has 4 nitrogen and oxygen atoms in total. The molecule has 0 amide bonds. The van der Waals surface area contributed by atoms with Crippen molar-refractivity contribution in [2.75, 3.05) is 0 Å². The summed E-state index contributed by atoms with van der Waals surface area (Å²) in [5.74, 6) is -0.0725. The predicted molar refractivity (Wildman–Crippen MR) is 106 cm³/mol. The van der Waals surface area contributed by atoms with Gasteiger partial charge in [-0.3, -0.25) is 4.79 Å². The number of allylic oxidation sites excluding steroid dienone is 3. The van der Waals surface area contributed by atoms with Gasteiger partial charge in [0.15, 0.2) is 0 Å². The van der Waals surface area contributed by atoms with E-state index in [1.807, 2.05) is 0 Å². The van der Waals surface area contributed by atoms with Gasteiger partial charge in [0.2, 0.25) is 0 Å². The van der Waals surface area contributed by atoms with E-state index in [1.165, 1.54) is 5.57 Å². The highest BCUT2D eigenvalue weighted by molar-refractivity contribution is 5.67. The first kappa shape index (κ1) is 22.9. The molecule has 26 heavy (non-hydrogen) atoms. The highest BCUT2D eigenvalue weighted by atomic mass is 17.2. The summed E-state index contributed by atoms with van der Waals surface area (Å²) in [5.41, 5.74) is 0.961. The van der Waals surface area contributed by atoms with Gasteiger partial charge in [0.1, 0.15) is 11.7 Å². The molecule has 0 saturated carbocycles. The van der Waals surface area contributed by atoms with Crippen LogP contribution < -0.4 is 0 Å². The highest BCUT2D eigenvalue weighted by Crippen LogP contribution is 2.39. The number of rotatable bonds is 11. The summed E-state index contributed by atoms with van der Waals surface area (Å²) < 4.78 is 0. The van der Waals surface area contributed by atoms with Gasteiger partial charge in [-0.15, -0.1) is 0 Å². The van der Waals surface area contributed by atoms with Crippen molar-refractivity contribution in [3.63, 3.8) is 0 Å². The van der Waals surface area contributed by atoms with Crippen LogP contribution in [0.15, 0.2) is 23.8 Å². The molecular weight excluding hydrogens is 328 g/mol. The van der Waals surface area contributed by atoms with Crippen LogP contribution in [-0.4, -0.2) is 22.8 Å². The second-order valence-electron chi connectivity index (χ2n) is 7.47. The monoisotopic (exact) mass is 366 g/mol. The fraction of sp³-hybridized carbons (Fsp3) is 0.773. The van der Waals surface area contributed by atoms with Crippen LogP contribution in [0, 0.1) is 11.8 Å². The second kappa shape index (κ2) is 11.6. The molecule has 0 spiro atoms. The normalized spacial score (nSPS) is 28.4. The Kier molecular flexibility index (Phi) is 10.2. The van der Waals surface area contributed by atoms with Crippen LogP contribution in [0.3, 0.4) is 0 Å². The van der Waals surface area contributed by atoms with Crippen molar-refractivity contribution in [2.45, 2.75) is 97.7 Å². The average Bonchev–Trinajstić information content (AvgIpc) is 2.65. The second-order valence-corrected chi connectivity index (χ2v) is 7.47. The molecular formula is C22H38O4. The first-order chi connectivity index (χ1) is 12.4. The van der Waals surface area contributed by atoms with E-state index in [0.717, 1.165) is 44.9 Å². The molecule has 0 aromatic carbocycles. The van der Waals surface area contributed by atoms with E-state index >= 15 is 0 Å². The quantitative estimate of drug-likeness (QED) is 0.356. The Morgan fingerprint density at radius 2 is 2.00 bits per heavy atom. The Balaban J connectivity index is 2.94. The Morgan fingerprint density at radius 1 is 1.27 bits per heavy atom. The van der Waals surface area contributed by atoms with E-state index in [0.29, 0.717) is 5.92 Å². The summed E-state index contributed by atoms with van der Waals surface area (Å²) in [5, 5.41) is 9.09. The number of carbonyl (C=O) groups is 1. The molecule has 0 aromatic heterocycles. The number of hydrogen-bond donors (Lipinski definition) is 1. The van der Waals surface area contributed by atoms with Crippen LogP contribution in [-0.2, 0) is 14.6 Å². The van der Waals surface area contributed by atoms with Gasteiger partial charge in [-0.25, -0.2) is 9.78 Å². The largest absolute Gasteiger partial charge is 0.481 e. The fourth-order valence-electron chi connectivity index (χ4n) is 3.70. The minimum absolute atomic E-state index is 0.00235. The van der Waals surface area contributed by atoms with Crippen LogP contribution in [0.4, 0.5) is 0 Å². The molecule has 4 atom stereocenters. The van der Waals surface area contributed by atoms with E-state index in [9.17, 15) is 4.79 Å². The SMILES string of the molecule is CC/C=C/[C@H](CC)C/C(=C/C1(CC)CC(CC)C(CC(=O)O)OO1)CC. The van der Waals surface area contributed by atoms with Gasteiger partial charge in [0.05, 0.1) is 6.42 Å². The molecule has 0 aliphatic carbocycles. The van der Waals surface area contributed by atoms with Gasteiger partial charge in [0.25, 0.3) is 0 Å². The highest BCUT2D eigenvalue weighted by Gasteiger charge is 2.41. The molecule has 1 aliphatic heterocycles. The van der Waals surface area contributed by atoms with Crippen molar-refractivity contribution in [1.29, 1.82) is 0 Å². The molecule has 1 aliphatic rings. The van der Waals surface area contributed by atoms with Crippen LogP contribution in [0.2, 0.25) is 0 Å². The molecule has 1 saturated heterocycles. The summed E-state index contributed by atoms with van der Waals surface area (Å²) in [7, 11) is 0. The van der Waals surface area contributed by atoms with E-state index in [4.69, 9.17) is 14.9 Å². The summed E-state index contributed by atoms with van der Waals surface area (Å²) in [6.07, 6.45) is 13.3. The van der Waals surface area contributed by atoms with Crippen LogP contribution in [0.25, 0.3) is 0 Å². The number of carboxylic acids is 1. The summed E-state index contributed by atoms with van der Waals surface area (Å²) in [4.78, 5) is 22.5. The third-order valence-electron chi connectivity index (χ3n) is 5.58. The molecule has 0 radical (unpaired) electrons. The first-order valence-corrected chi connectivity index (χ1v) is 10.4.